The first-order valence-electron chi connectivity index (χ1n) is 7.65. The fourth-order valence-electron chi connectivity index (χ4n) is 2.42. The molecule has 0 saturated heterocycles. The number of hydrogen-bond donors (Lipinski definition) is 2. The first kappa shape index (κ1) is 19.9. The predicted molar refractivity (Wildman–Crippen MR) is 111 cm³/mol. The first-order chi connectivity index (χ1) is 12.8. The predicted octanol–water partition coefficient (Wildman–Crippen LogP) is 6.00. The number of rotatable bonds is 6. The van der Waals surface area contributed by atoms with Crippen LogP contribution >= 0.6 is 42.1 Å². The molecule has 2 aromatic carbocycles. The van der Waals surface area contributed by atoms with Crippen molar-refractivity contribution < 1.29 is 19.0 Å². The van der Waals surface area contributed by atoms with Gasteiger partial charge in [0.1, 0.15) is 4.88 Å². The molecule has 9 heteroatoms. The number of benzene rings is 2. The number of carbonyl (C=O) groups is 1. The molecule has 3 aromatic rings. The third-order valence-electron chi connectivity index (χ3n) is 3.73. The zero-order valence-corrected chi connectivity index (χ0v) is 17.2. The highest BCUT2D eigenvalue weighted by atomic mass is 35.5. The highest BCUT2D eigenvalue weighted by molar-refractivity contribution is 7.68. The lowest BCUT2D eigenvalue weighted by Gasteiger charge is -2.18. The van der Waals surface area contributed by atoms with Crippen molar-refractivity contribution in [1.29, 1.82) is 0 Å². The fraction of sp³-hybridized carbons (Fsp3) is 0.0556. The second-order valence-corrected chi connectivity index (χ2v) is 9.62. The summed E-state index contributed by atoms with van der Waals surface area (Å²) in [7, 11) is -2.27. The molecule has 0 bridgehead atoms. The lowest BCUT2D eigenvalue weighted by Crippen LogP contribution is -2.14. The second kappa shape index (κ2) is 8.05. The first-order valence-corrected chi connectivity index (χ1v) is 10.9. The number of aromatic carboxylic acids is 1. The van der Waals surface area contributed by atoms with Gasteiger partial charge in [-0.15, -0.1) is 11.3 Å². The summed E-state index contributed by atoms with van der Waals surface area (Å²) in [5.74, 6) is -1.13. The van der Waals surface area contributed by atoms with Crippen LogP contribution in [0.3, 0.4) is 0 Å². The van der Waals surface area contributed by atoms with E-state index >= 15 is 0 Å². The SMILES string of the molecule is COP(=O)(Nc1cc(-c2ccc(Cl)cc2)sc1C(=O)O)c1cccc(Cl)c1. The standard InChI is InChI=1S/C18H14Cl2NO4PS/c1-25-26(24,14-4-2-3-13(20)9-14)21-15-10-16(27-17(15)18(22)23)11-5-7-12(19)8-6-11/h2-10H,1H3,(H,21,24)(H,22,23). The van der Waals surface area contributed by atoms with Crippen LogP contribution in [-0.4, -0.2) is 18.2 Å². The van der Waals surface area contributed by atoms with Crippen molar-refractivity contribution in [2.24, 2.45) is 0 Å². The van der Waals surface area contributed by atoms with E-state index in [1.807, 2.05) is 0 Å². The summed E-state index contributed by atoms with van der Waals surface area (Å²) in [6, 6.07) is 15.1. The molecule has 0 fully saturated rings. The van der Waals surface area contributed by atoms with E-state index < -0.39 is 13.5 Å². The molecule has 1 atom stereocenters. The zero-order valence-electron chi connectivity index (χ0n) is 14.0. The third kappa shape index (κ3) is 4.37. The van der Waals surface area contributed by atoms with Crippen LogP contribution in [0.2, 0.25) is 10.0 Å². The van der Waals surface area contributed by atoms with Crippen molar-refractivity contribution in [3.8, 4) is 10.4 Å². The van der Waals surface area contributed by atoms with Gasteiger partial charge in [-0.2, -0.15) is 0 Å². The van der Waals surface area contributed by atoms with Crippen LogP contribution in [0, 0.1) is 0 Å². The molecule has 0 aliphatic heterocycles. The highest BCUT2D eigenvalue weighted by Gasteiger charge is 2.28. The smallest absolute Gasteiger partial charge is 0.348 e. The Morgan fingerprint density at radius 2 is 1.81 bits per heavy atom. The molecule has 0 spiro atoms. The molecule has 3 rings (SSSR count). The Morgan fingerprint density at radius 3 is 2.41 bits per heavy atom. The number of halogens is 2. The Bertz CT molecular complexity index is 1040. The molecule has 5 nitrogen and oxygen atoms in total. The maximum absolute atomic E-state index is 13.3. The summed E-state index contributed by atoms with van der Waals surface area (Å²) >= 11 is 13.0. The minimum atomic E-state index is -3.57. The van der Waals surface area contributed by atoms with Gasteiger partial charge in [-0.1, -0.05) is 41.4 Å². The summed E-state index contributed by atoms with van der Waals surface area (Å²) in [4.78, 5) is 12.4. The summed E-state index contributed by atoms with van der Waals surface area (Å²) in [6.45, 7) is 0. The number of nitrogens with one attached hydrogen (secondary N) is 1. The molecular formula is C18H14Cl2NO4PS. The minimum Gasteiger partial charge on any atom is -0.477 e. The summed E-state index contributed by atoms with van der Waals surface area (Å²) < 4.78 is 18.5. The molecule has 1 heterocycles. The largest absolute Gasteiger partial charge is 0.477 e. The molecule has 0 aliphatic carbocycles. The van der Waals surface area contributed by atoms with Crippen molar-refractivity contribution >= 4 is 59.0 Å². The van der Waals surface area contributed by atoms with Gasteiger partial charge in [-0.3, -0.25) is 4.57 Å². The highest BCUT2D eigenvalue weighted by Crippen LogP contribution is 2.48. The number of hydrogen-bond acceptors (Lipinski definition) is 4. The summed E-state index contributed by atoms with van der Waals surface area (Å²) in [6.07, 6.45) is 0. The van der Waals surface area contributed by atoms with Gasteiger partial charge in [0.15, 0.2) is 0 Å². The lowest BCUT2D eigenvalue weighted by molar-refractivity contribution is 0.0703. The molecule has 0 amide bonds. The second-order valence-electron chi connectivity index (χ2n) is 5.49. The van der Waals surface area contributed by atoms with Crippen molar-refractivity contribution in [2.75, 3.05) is 12.2 Å². The zero-order chi connectivity index (χ0) is 19.6. The quantitative estimate of drug-likeness (QED) is 0.459. The number of carboxylic acids is 1. The summed E-state index contributed by atoms with van der Waals surface area (Å²) in [5, 5.41) is 13.7. The van der Waals surface area contributed by atoms with E-state index in [1.54, 1.807) is 48.5 Å². The average Bonchev–Trinajstić information content (AvgIpc) is 3.06. The average molecular weight is 442 g/mol. The van der Waals surface area contributed by atoms with Crippen LogP contribution in [0.5, 0.6) is 0 Å². The van der Waals surface area contributed by atoms with E-state index in [0.29, 0.717) is 20.2 Å². The van der Waals surface area contributed by atoms with Crippen molar-refractivity contribution in [2.45, 2.75) is 0 Å². The van der Waals surface area contributed by atoms with Crippen LogP contribution < -0.4 is 10.4 Å². The Kier molecular flexibility index (Phi) is 5.94. The van der Waals surface area contributed by atoms with Gasteiger partial charge in [0.2, 0.25) is 0 Å². The molecular weight excluding hydrogens is 428 g/mol. The molecule has 0 radical (unpaired) electrons. The van der Waals surface area contributed by atoms with Gasteiger partial charge in [0.05, 0.1) is 11.0 Å². The normalized spacial score (nSPS) is 13.1. The molecule has 0 aliphatic rings. The Labute approximate surface area is 170 Å². The maximum atomic E-state index is 13.3. The van der Waals surface area contributed by atoms with E-state index in [1.165, 1.54) is 13.2 Å². The van der Waals surface area contributed by atoms with E-state index in [2.05, 4.69) is 5.09 Å². The Hall–Kier alpha value is -1.82. The van der Waals surface area contributed by atoms with Crippen molar-refractivity contribution in [1.82, 2.24) is 0 Å². The van der Waals surface area contributed by atoms with Crippen LogP contribution in [-0.2, 0) is 9.09 Å². The summed E-state index contributed by atoms with van der Waals surface area (Å²) in [5.41, 5.74) is 1.01. The van der Waals surface area contributed by atoms with E-state index in [0.717, 1.165) is 16.9 Å². The van der Waals surface area contributed by atoms with E-state index in [4.69, 9.17) is 27.7 Å². The number of carboxylic acid groups (broad SMARTS) is 1. The van der Waals surface area contributed by atoms with Gasteiger partial charge in [-0.25, -0.2) is 4.79 Å². The topological polar surface area (TPSA) is 75.6 Å². The molecule has 0 saturated carbocycles. The van der Waals surface area contributed by atoms with Gasteiger partial charge in [-0.05, 0) is 42.0 Å². The molecule has 140 valence electrons. The van der Waals surface area contributed by atoms with Crippen molar-refractivity contribution in [3.05, 3.63) is 69.5 Å². The van der Waals surface area contributed by atoms with Crippen LogP contribution in [0.4, 0.5) is 5.69 Å². The molecule has 1 unspecified atom stereocenters. The van der Waals surface area contributed by atoms with E-state index in [9.17, 15) is 14.5 Å². The number of thiophene rings is 1. The van der Waals surface area contributed by atoms with Crippen molar-refractivity contribution in [3.63, 3.8) is 0 Å². The van der Waals surface area contributed by atoms with E-state index in [-0.39, 0.29) is 10.6 Å². The van der Waals surface area contributed by atoms with Crippen LogP contribution in [0.15, 0.2) is 54.6 Å². The Balaban J connectivity index is 2.03. The molecule has 1 aromatic heterocycles. The monoisotopic (exact) mass is 441 g/mol. The van der Waals surface area contributed by atoms with Gasteiger partial charge in [0.25, 0.3) is 0 Å². The van der Waals surface area contributed by atoms with Gasteiger partial charge in [0, 0.05) is 22.0 Å². The molecule has 27 heavy (non-hydrogen) atoms. The molecule has 2 N–H and O–H groups in total. The van der Waals surface area contributed by atoms with Crippen LogP contribution in [0.25, 0.3) is 10.4 Å². The minimum absolute atomic E-state index is 0.0271. The Morgan fingerprint density at radius 1 is 1.11 bits per heavy atom. The fourth-order valence-corrected chi connectivity index (χ4v) is 5.36. The lowest BCUT2D eigenvalue weighted by atomic mass is 10.2. The third-order valence-corrected chi connectivity index (χ3v) is 7.39. The maximum Gasteiger partial charge on any atom is 0.348 e. The number of anilines is 1. The van der Waals surface area contributed by atoms with Gasteiger partial charge < -0.3 is 14.7 Å². The van der Waals surface area contributed by atoms with Crippen LogP contribution in [0.1, 0.15) is 9.67 Å². The van der Waals surface area contributed by atoms with Gasteiger partial charge >= 0.3 is 13.5 Å².